The Morgan fingerprint density at radius 2 is 0.792 bits per heavy atom. The van der Waals surface area contributed by atoms with Gasteiger partial charge in [0.25, 0.3) is 0 Å². The zero-order valence-electron chi connectivity index (χ0n) is 27.2. The lowest BCUT2D eigenvalue weighted by molar-refractivity contribution is 1.30. The topological polar surface area (TPSA) is 57.4 Å². The third kappa shape index (κ3) is 5.64. The molecule has 0 spiro atoms. The van der Waals surface area contributed by atoms with Gasteiger partial charge in [-0.15, -0.1) is 5.54 Å². The highest BCUT2D eigenvalue weighted by atomic mass is 28.3. The highest BCUT2D eigenvalue weighted by Crippen LogP contribution is 2.36. The molecule has 0 aliphatic carbocycles. The fourth-order valence-corrected chi connectivity index (χ4v) is 6.81. The molecule has 2 aliphatic heterocycles. The van der Waals surface area contributed by atoms with E-state index in [2.05, 4.69) is 162 Å². The number of rotatable bonds is 3. The lowest BCUT2D eigenvalue weighted by atomic mass is 10.0. The van der Waals surface area contributed by atoms with Crippen LogP contribution in [0.4, 0.5) is 0 Å². The van der Waals surface area contributed by atoms with E-state index in [-0.39, 0.29) is 0 Å². The molecule has 230 valence electrons. The lowest BCUT2D eigenvalue weighted by Crippen LogP contribution is -2.16. The van der Waals surface area contributed by atoms with Gasteiger partial charge in [0.2, 0.25) is 0 Å². The molecule has 2 aliphatic rings. The van der Waals surface area contributed by atoms with Crippen LogP contribution in [0.15, 0.2) is 115 Å². The maximum absolute atomic E-state index is 5.34. The van der Waals surface area contributed by atoms with Crippen molar-refractivity contribution in [3.63, 3.8) is 0 Å². The van der Waals surface area contributed by atoms with Crippen LogP contribution in [0.2, 0.25) is 19.6 Å². The number of aromatic nitrogens is 4. The van der Waals surface area contributed by atoms with Crippen LogP contribution in [0.5, 0.6) is 0 Å². The van der Waals surface area contributed by atoms with Gasteiger partial charge in [0, 0.05) is 33.2 Å². The summed E-state index contributed by atoms with van der Waals surface area (Å²) < 4.78 is 0. The molecule has 48 heavy (non-hydrogen) atoms. The van der Waals surface area contributed by atoms with E-state index in [0.717, 1.165) is 83.8 Å². The van der Waals surface area contributed by atoms with Crippen LogP contribution in [0, 0.1) is 11.5 Å². The summed E-state index contributed by atoms with van der Waals surface area (Å²) >= 11 is 0. The number of hydrogen-bond acceptors (Lipinski definition) is 2. The molecule has 4 nitrogen and oxygen atoms in total. The van der Waals surface area contributed by atoms with E-state index in [9.17, 15) is 0 Å². The molecule has 3 aromatic carbocycles. The normalized spacial score (nSPS) is 12.1. The minimum absolute atomic E-state index is 0.850. The molecule has 6 aromatic rings. The Balaban J connectivity index is 1.57. The zero-order valence-corrected chi connectivity index (χ0v) is 28.2. The third-order valence-corrected chi connectivity index (χ3v) is 9.38. The Kier molecular flexibility index (Phi) is 7.36. The van der Waals surface area contributed by atoms with E-state index in [1.807, 2.05) is 18.2 Å². The number of aromatic amines is 2. The quantitative estimate of drug-likeness (QED) is 0.150. The van der Waals surface area contributed by atoms with E-state index >= 15 is 0 Å². The molecule has 8 rings (SSSR count). The molecule has 0 saturated carbocycles. The van der Waals surface area contributed by atoms with E-state index in [1.54, 1.807) is 0 Å². The molecule has 5 heteroatoms. The largest absolute Gasteiger partial charge is 0.354 e. The molecule has 0 radical (unpaired) electrons. The maximum Gasteiger partial charge on any atom is 0.129 e. The lowest BCUT2D eigenvalue weighted by Gasteiger charge is -2.06. The first kappa shape index (κ1) is 29.4. The fraction of sp³-hybridized carbons (Fsp3) is 0.0698. The smallest absolute Gasteiger partial charge is 0.129 e. The average molecular weight is 635 g/mol. The van der Waals surface area contributed by atoms with Crippen LogP contribution in [0.1, 0.15) is 28.3 Å². The summed E-state index contributed by atoms with van der Waals surface area (Å²) in [5.74, 6) is 3.58. The van der Waals surface area contributed by atoms with E-state index in [1.165, 1.54) is 0 Å². The van der Waals surface area contributed by atoms with Gasteiger partial charge in [-0.1, -0.05) is 117 Å². The fourth-order valence-electron chi connectivity index (χ4n) is 6.31. The minimum Gasteiger partial charge on any atom is -0.354 e. The summed E-state index contributed by atoms with van der Waals surface area (Å²) in [6.45, 7) is 6.81. The molecular weight excluding hydrogens is 601 g/mol. The second-order valence-corrected chi connectivity index (χ2v) is 17.9. The summed E-state index contributed by atoms with van der Waals surface area (Å²) in [4.78, 5) is 18.2. The first-order valence-corrected chi connectivity index (χ1v) is 19.8. The van der Waals surface area contributed by atoms with Gasteiger partial charge in [0.05, 0.1) is 33.9 Å². The number of H-pyrrole nitrogens is 2. The minimum atomic E-state index is -1.69. The van der Waals surface area contributed by atoms with Crippen molar-refractivity contribution >= 4 is 54.4 Å². The van der Waals surface area contributed by atoms with Crippen molar-refractivity contribution in [3.8, 4) is 44.8 Å². The average Bonchev–Trinajstić information content (AvgIpc) is 3.93. The van der Waals surface area contributed by atoms with Crippen molar-refractivity contribution in [2.75, 3.05) is 0 Å². The monoisotopic (exact) mass is 634 g/mol. The standard InChI is InChI=1S/C43H34N4Si/c1-48(2,3)28-27-32-33-19-21-35(44-33)41(29-13-7-4-8-14-29)37-23-25-39(46-37)43(31-17-11-6-12-18-31)40-26-24-38(47-40)42(30-15-9-5-10-16-30)36-22-20-34(32)45-36/h4-26,44,47H,1-3H3. The van der Waals surface area contributed by atoms with Crippen molar-refractivity contribution in [1.29, 1.82) is 0 Å². The van der Waals surface area contributed by atoms with Crippen molar-refractivity contribution in [1.82, 2.24) is 19.9 Å². The Labute approximate surface area is 281 Å². The molecule has 2 N–H and O–H groups in total. The number of nitrogens with one attached hydrogen (secondary N) is 2. The van der Waals surface area contributed by atoms with Gasteiger partial charge in [0.1, 0.15) is 8.07 Å². The summed E-state index contributed by atoms with van der Waals surface area (Å²) in [5.41, 5.74) is 18.3. The third-order valence-electron chi connectivity index (χ3n) is 8.50. The molecule has 0 fully saturated rings. The van der Waals surface area contributed by atoms with Crippen LogP contribution in [0.25, 0.3) is 79.8 Å². The number of benzene rings is 3. The van der Waals surface area contributed by atoms with Crippen LogP contribution in [0.3, 0.4) is 0 Å². The summed E-state index contributed by atoms with van der Waals surface area (Å²) in [7, 11) is -1.69. The number of nitrogens with zero attached hydrogens (tertiary/aromatic N) is 2. The van der Waals surface area contributed by atoms with E-state index < -0.39 is 8.07 Å². The van der Waals surface area contributed by atoms with Crippen molar-refractivity contribution in [3.05, 3.63) is 144 Å². The van der Waals surface area contributed by atoms with Gasteiger partial charge in [-0.2, -0.15) is 0 Å². The molecule has 0 amide bonds. The first-order chi connectivity index (χ1) is 23.4. The van der Waals surface area contributed by atoms with Crippen LogP contribution in [-0.4, -0.2) is 28.0 Å². The molecule has 3 aromatic heterocycles. The highest BCUT2D eigenvalue weighted by molar-refractivity contribution is 6.83. The Bertz CT molecular complexity index is 2430. The Morgan fingerprint density at radius 1 is 0.438 bits per heavy atom. The van der Waals surface area contributed by atoms with Gasteiger partial charge in [-0.25, -0.2) is 9.97 Å². The number of hydrogen-bond donors (Lipinski definition) is 2. The van der Waals surface area contributed by atoms with Gasteiger partial charge in [-0.3, -0.25) is 0 Å². The first-order valence-electron chi connectivity index (χ1n) is 16.3. The highest BCUT2D eigenvalue weighted by Gasteiger charge is 2.18. The molecule has 8 bridgehead atoms. The van der Waals surface area contributed by atoms with E-state index in [4.69, 9.17) is 9.97 Å². The zero-order chi connectivity index (χ0) is 32.7. The molecule has 0 unspecified atom stereocenters. The predicted molar refractivity (Wildman–Crippen MR) is 205 cm³/mol. The van der Waals surface area contributed by atoms with Gasteiger partial charge < -0.3 is 9.97 Å². The van der Waals surface area contributed by atoms with Crippen LogP contribution >= 0.6 is 0 Å². The van der Waals surface area contributed by atoms with Crippen LogP contribution < -0.4 is 0 Å². The summed E-state index contributed by atoms with van der Waals surface area (Å²) in [6, 6.07) is 40.0. The molecule has 5 heterocycles. The second-order valence-electron chi connectivity index (χ2n) is 13.1. The number of fused-ring (bicyclic) bond motifs is 8. The summed E-state index contributed by atoms with van der Waals surface area (Å²) in [6.07, 6.45) is 8.48. The molecular formula is C43H34N4Si. The Hall–Kier alpha value is -5.96. The van der Waals surface area contributed by atoms with Gasteiger partial charge in [-0.05, 0) is 65.3 Å². The SMILES string of the molecule is C[Si](C)(C)C#Cc1c2nc(c(-c3ccccc3)c3ccc([nH]3)c(-c3ccccc3)c3nc(c(-c4ccccc4)c4ccc1[nH]4)C=C3)C=C2. The molecule has 0 saturated heterocycles. The maximum atomic E-state index is 5.34. The van der Waals surface area contributed by atoms with Crippen molar-refractivity contribution in [2.45, 2.75) is 19.6 Å². The van der Waals surface area contributed by atoms with Gasteiger partial charge in [0.15, 0.2) is 0 Å². The molecule has 0 atom stereocenters. The predicted octanol–water partition coefficient (Wildman–Crippen LogP) is 10.9. The van der Waals surface area contributed by atoms with E-state index in [0.29, 0.717) is 0 Å². The summed E-state index contributed by atoms with van der Waals surface area (Å²) in [5, 5.41) is 0. The second kappa shape index (κ2) is 12.0. The Morgan fingerprint density at radius 3 is 1.21 bits per heavy atom. The van der Waals surface area contributed by atoms with Gasteiger partial charge >= 0.3 is 0 Å². The van der Waals surface area contributed by atoms with Crippen molar-refractivity contribution in [2.24, 2.45) is 0 Å². The van der Waals surface area contributed by atoms with Crippen molar-refractivity contribution < 1.29 is 0 Å². The van der Waals surface area contributed by atoms with Crippen LogP contribution in [-0.2, 0) is 0 Å².